The summed E-state index contributed by atoms with van der Waals surface area (Å²) >= 11 is 0. The lowest BCUT2D eigenvalue weighted by atomic mass is 9.82. The van der Waals surface area contributed by atoms with Crippen molar-refractivity contribution in [3.8, 4) is 0 Å². The molecule has 1 aromatic carbocycles. The molecular formula is C22H31N3O3. The van der Waals surface area contributed by atoms with Crippen molar-refractivity contribution >= 4 is 17.7 Å². The minimum Gasteiger partial charge on any atom is -0.354 e. The van der Waals surface area contributed by atoms with Gasteiger partial charge in [0.05, 0.1) is 5.92 Å². The maximum Gasteiger partial charge on any atom is 0.254 e. The molecule has 152 valence electrons. The number of nitrogens with zero attached hydrogens (tertiary/aromatic N) is 2. The Balaban J connectivity index is 1.83. The van der Waals surface area contributed by atoms with Gasteiger partial charge in [-0.25, -0.2) is 0 Å². The van der Waals surface area contributed by atoms with E-state index in [1.54, 1.807) is 11.8 Å². The highest BCUT2D eigenvalue weighted by molar-refractivity contribution is 5.95. The second kappa shape index (κ2) is 8.76. The standard InChI is InChI=1S/C22H31N3O3/c1-15-8-9-18(16(2)14-15)22(28)24-11-10-23-21(27)19-6-4-5-7-20(19)25(13-12-24)17(3)26/h8-9,14,19-20H,4-7,10-13H2,1-3H3,(H,23,27)/t19-,20+/m0/s1. The largest absolute Gasteiger partial charge is 0.354 e. The quantitative estimate of drug-likeness (QED) is 0.806. The zero-order valence-corrected chi connectivity index (χ0v) is 17.2. The second-order valence-corrected chi connectivity index (χ2v) is 8.07. The van der Waals surface area contributed by atoms with Crippen LogP contribution in [0.3, 0.4) is 0 Å². The fourth-order valence-electron chi connectivity index (χ4n) is 4.56. The smallest absolute Gasteiger partial charge is 0.254 e. The third kappa shape index (κ3) is 4.37. The van der Waals surface area contributed by atoms with Gasteiger partial charge in [-0.3, -0.25) is 14.4 Å². The van der Waals surface area contributed by atoms with Gasteiger partial charge in [-0.1, -0.05) is 30.5 Å². The highest BCUT2D eigenvalue weighted by Gasteiger charge is 2.37. The van der Waals surface area contributed by atoms with Crippen LogP contribution in [0.4, 0.5) is 0 Å². The molecule has 0 spiro atoms. The topological polar surface area (TPSA) is 69.7 Å². The summed E-state index contributed by atoms with van der Waals surface area (Å²) < 4.78 is 0. The van der Waals surface area contributed by atoms with Gasteiger partial charge < -0.3 is 15.1 Å². The second-order valence-electron chi connectivity index (χ2n) is 8.07. The molecule has 1 aliphatic carbocycles. The van der Waals surface area contributed by atoms with Crippen LogP contribution in [0, 0.1) is 19.8 Å². The van der Waals surface area contributed by atoms with Crippen molar-refractivity contribution in [2.24, 2.45) is 5.92 Å². The number of hydrogen-bond acceptors (Lipinski definition) is 3. The lowest BCUT2D eigenvalue weighted by Gasteiger charge is -2.41. The molecule has 3 amide bonds. The van der Waals surface area contributed by atoms with E-state index >= 15 is 0 Å². The van der Waals surface area contributed by atoms with Crippen molar-refractivity contribution in [3.63, 3.8) is 0 Å². The summed E-state index contributed by atoms with van der Waals surface area (Å²) in [4.78, 5) is 41.8. The van der Waals surface area contributed by atoms with E-state index < -0.39 is 0 Å². The van der Waals surface area contributed by atoms with E-state index in [0.717, 1.165) is 36.8 Å². The maximum atomic E-state index is 13.1. The van der Waals surface area contributed by atoms with Gasteiger partial charge in [-0.2, -0.15) is 0 Å². The molecule has 1 saturated carbocycles. The van der Waals surface area contributed by atoms with Gasteiger partial charge in [0.15, 0.2) is 0 Å². The number of amides is 3. The van der Waals surface area contributed by atoms with Crippen LogP contribution < -0.4 is 5.32 Å². The van der Waals surface area contributed by atoms with Gasteiger partial charge in [-0.05, 0) is 38.3 Å². The Bertz CT molecular complexity index is 761. The first-order valence-corrected chi connectivity index (χ1v) is 10.3. The van der Waals surface area contributed by atoms with Crippen molar-refractivity contribution in [2.45, 2.75) is 52.5 Å². The third-order valence-electron chi connectivity index (χ3n) is 6.06. The zero-order valence-electron chi connectivity index (χ0n) is 17.2. The molecule has 6 nitrogen and oxygen atoms in total. The number of rotatable bonds is 1. The number of carbonyl (C=O) groups excluding carboxylic acids is 3. The Labute approximate surface area is 167 Å². The normalized spacial score (nSPS) is 23.6. The van der Waals surface area contributed by atoms with E-state index in [0.29, 0.717) is 31.7 Å². The number of nitrogens with one attached hydrogen (secondary N) is 1. The Morgan fingerprint density at radius 2 is 1.82 bits per heavy atom. The molecule has 2 aliphatic rings. The van der Waals surface area contributed by atoms with Gasteiger partial charge >= 0.3 is 0 Å². The van der Waals surface area contributed by atoms with E-state index in [2.05, 4.69) is 5.32 Å². The minimum absolute atomic E-state index is 0.0109. The van der Waals surface area contributed by atoms with E-state index in [4.69, 9.17) is 0 Å². The molecular weight excluding hydrogens is 354 g/mol. The summed E-state index contributed by atoms with van der Waals surface area (Å²) in [5, 5.41) is 3.00. The summed E-state index contributed by atoms with van der Waals surface area (Å²) in [7, 11) is 0. The predicted molar refractivity (Wildman–Crippen MR) is 108 cm³/mol. The van der Waals surface area contributed by atoms with Crippen LogP contribution in [0.25, 0.3) is 0 Å². The van der Waals surface area contributed by atoms with E-state index in [9.17, 15) is 14.4 Å². The fraction of sp³-hybridized carbons (Fsp3) is 0.591. The Morgan fingerprint density at radius 1 is 1.07 bits per heavy atom. The van der Waals surface area contributed by atoms with Crippen LogP contribution in [0.15, 0.2) is 18.2 Å². The predicted octanol–water partition coefficient (Wildman–Crippen LogP) is 2.28. The Kier molecular flexibility index (Phi) is 6.37. The molecule has 2 fully saturated rings. The van der Waals surface area contributed by atoms with E-state index in [1.165, 1.54) is 0 Å². The first-order valence-electron chi connectivity index (χ1n) is 10.3. The number of aryl methyl sites for hydroxylation is 2. The number of benzene rings is 1. The lowest BCUT2D eigenvalue weighted by molar-refractivity contribution is -0.137. The molecule has 0 unspecified atom stereocenters. The Morgan fingerprint density at radius 3 is 2.54 bits per heavy atom. The molecule has 1 N–H and O–H groups in total. The molecule has 28 heavy (non-hydrogen) atoms. The third-order valence-corrected chi connectivity index (χ3v) is 6.06. The van der Waals surface area contributed by atoms with E-state index in [1.807, 2.05) is 36.9 Å². The SMILES string of the molecule is CC(=O)N1CCN(C(=O)c2ccc(C)cc2C)CCNC(=O)[C@H]2CCCC[C@H]21. The van der Waals surface area contributed by atoms with E-state index in [-0.39, 0.29) is 29.7 Å². The zero-order chi connectivity index (χ0) is 20.3. The fourth-order valence-corrected chi connectivity index (χ4v) is 4.56. The van der Waals surface area contributed by atoms with Crippen LogP contribution in [0.1, 0.15) is 54.1 Å². The highest BCUT2D eigenvalue weighted by Crippen LogP contribution is 2.29. The molecule has 1 heterocycles. The van der Waals surface area contributed by atoms with Crippen molar-refractivity contribution < 1.29 is 14.4 Å². The lowest BCUT2D eigenvalue weighted by Crippen LogP contribution is -2.55. The summed E-state index contributed by atoms with van der Waals surface area (Å²) in [6, 6.07) is 5.75. The van der Waals surface area contributed by atoms with Gasteiger partial charge in [0.2, 0.25) is 11.8 Å². The summed E-state index contributed by atoms with van der Waals surface area (Å²) in [5.74, 6) is -0.198. The van der Waals surface area contributed by atoms with Crippen LogP contribution >= 0.6 is 0 Å². The van der Waals surface area contributed by atoms with Crippen molar-refractivity contribution in [2.75, 3.05) is 26.2 Å². The first kappa shape index (κ1) is 20.4. The number of hydrogen-bond donors (Lipinski definition) is 1. The van der Waals surface area contributed by atoms with Crippen LogP contribution in [-0.4, -0.2) is 59.7 Å². The number of carbonyl (C=O) groups is 3. The minimum atomic E-state index is -0.140. The maximum absolute atomic E-state index is 13.1. The van der Waals surface area contributed by atoms with Crippen molar-refractivity contribution in [1.82, 2.24) is 15.1 Å². The van der Waals surface area contributed by atoms with Crippen molar-refractivity contribution in [1.29, 1.82) is 0 Å². The van der Waals surface area contributed by atoms with Gasteiger partial charge in [0.25, 0.3) is 5.91 Å². The van der Waals surface area contributed by atoms with Crippen LogP contribution in [0.2, 0.25) is 0 Å². The van der Waals surface area contributed by atoms with Gasteiger partial charge in [0, 0.05) is 44.7 Å². The molecule has 0 bridgehead atoms. The average Bonchev–Trinajstić information content (AvgIpc) is 2.66. The van der Waals surface area contributed by atoms with Crippen molar-refractivity contribution in [3.05, 3.63) is 34.9 Å². The summed E-state index contributed by atoms with van der Waals surface area (Å²) in [6.07, 6.45) is 3.73. The van der Waals surface area contributed by atoms with Crippen LogP contribution in [-0.2, 0) is 9.59 Å². The van der Waals surface area contributed by atoms with Gasteiger partial charge in [-0.15, -0.1) is 0 Å². The number of fused-ring (bicyclic) bond motifs is 1. The monoisotopic (exact) mass is 385 g/mol. The average molecular weight is 386 g/mol. The molecule has 3 rings (SSSR count). The summed E-state index contributed by atoms with van der Waals surface area (Å²) in [6.45, 7) is 7.35. The molecule has 1 aromatic rings. The molecule has 6 heteroatoms. The van der Waals surface area contributed by atoms with Crippen LogP contribution in [0.5, 0.6) is 0 Å². The molecule has 1 aliphatic heterocycles. The molecule has 0 aromatic heterocycles. The molecule has 1 saturated heterocycles. The first-order chi connectivity index (χ1) is 13.4. The summed E-state index contributed by atoms with van der Waals surface area (Å²) in [5.41, 5.74) is 2.74. The molecule has 2 atom stereocenters. The Hall–Kier alpha value is -2.37. The van der Waals surface area contributed by atoms with Gasteiger partial charge in [0.1, 0.15) is 0 Å². The molecule has 0 radical (unpaired) electrons. The highest BCUT2D eigenvalue weighted by atomic mass is 16.2.